The molecule has 1 nitrogen and oxygen atoms in total. The lowest BCUT2D eigenvalue weighted by Gasteiger charge is -2.10. The molecule has 0 fully saturated rings. The van der Waals surface area contributed by atoms with Crippen molar-refractivity contribution in [2.24, 2.45) is 0 Å². The summed E-state index contributed by atoms with van der Waals surface area (Å²) in [5, 5.41) is 0. The molecule has 2 aromatic carbocycles. The zero-order chi connectivity index (χ0) is 15.0. The number of benzene rings is 2. The van der Waals surface area contributed by atoms with Crippen molar-refractivity contribution in [1.82, 2.24) is 0 Å². The molecular formula is C13H4F6O. The van der Waals surface area contributed by atoms with Crippen molar-refractivity contribution in [3.63, 3.8) is 0 Å². The molecule has 0 N–H and O–H groups in total. The van der Waals surface area contributed by atoms with Gasteiger partial charge in [0.05, 0.1) is 11.1 Å². The Morgan fingerprint density at radius 3 is 1.70 bits per heavy atom. The quantitative estimate of drug-likeness (QED) is 0.353. The summed E-state index contributed by atoms with van der Waals surface area (Å²) >= 11 is 0. The van der Waals surface area contributed by atoms with E-state index in [-0.39, 0.29) is 6.29 Å². The second-order valence-corrected chi connectivity index (χ2v) is 3.77. The maximum atomic E-state index is 13.8. The number of carbonyl (C=O) groups is 1. The van der Waals surface area contributed by atoms with E-state index in [1.807, 2.05) is 0 Å². The van der Waals surface area contributed by atoms with Crippen molar-refractivity contribution in [3.8, 4) is 11.1 Å². The first-order chi connectivity index (χ1) is 9.40. The largest absolute Gasteiger partial charge is 0.298 e. The third kappa shape index (κ3) is 1.95. The van der Waals surface area contributed by atoms with Crippen LogP contribution >= 0.6 is 0 Å². The van der Waals surface area contributed by atoms with Crippen LogP contribution in [0.5, 0.6) is 0 Å². The average molecular weight is 290 g/mol. The smallest absolute Gasteiger partial charge is 0.200 e. The maximum absolute atomic E-state index is 13.8. The Balaban J connectivity index is 2.87. The van der Waals surface area contributed by atoms with E-state index in [0.717, 1.165) is 18.2 Å². The van der Waals surface area contributed by atoms with Gasteiger partial charge in [-0.3, -0.25) is 4.79 Å². The standard InChI is InChI=1S/C13H4F6O/c14-8-5(4-20)2-1-3-6(8)7-9(15)11(17)13(19)12(18)10(7)16/h1-4H. The number of hydrogen-bond acceptors (Lipinski definition) is 1. The van der Waals surface area contributed by atoms with E-state index in [9.17, 15) is 31.1 Å². The van der Waals surface area contributed by atoms with Crippen LogP contribution in [0.4, 0.5) is 26.3 Å². The number of halogens is 6. The molecule has 0 heterocycles. The van der Waals surface area contributed by atoms with E-state index in [1.165, 1.54) is 0 Å². The van der Waals surface area contributed by atoms with Crippen molar-refractivity contribution >= 4 is 6.29 Å². The summed E-state index contributed by atoms with van der Waals surface area (Å²) in [5.41, 5.74) is -2.86. The third-order valence-electron chi connectivity index (χ3n) is 2.63. The summed E-state index contributed by atoms with van der Waals surface area (Å²) in [4.78, 5) is 10.5. The fourth-order valence-corrected chi connectivity index (χ4v) is 1.68. The van der Waals surface area contributed by atoms with Crippen LogP contribution in [0.25, 0.3) is 11.1 Å². The van der Waals surface area contributed by atoms with Crippen LogP contribution in [0.1, 0.15) is 10.4 Å². The molecule has 0 aliphatic carbocycles. The first kappa shape index (κ1) is 14.1. The second kappa shape index (κ2) is 4.99. The summed E-state index contributed by atoms with van der Waals surface area (Å²) in [6.07, 6.45) is 0.0604. The lowest BCUT2D eigenvalue weighted by atomic mass is 10.0. The predicted octanol–water partition coefficient (Wildman–Crippen LogP) is 4.00. The number of carbonyl (C=O) groups excluding carboxylic acids is 1. The molecule has 0 bridgehead atoms. The number of hydrogen-bond donors (Lipinski definition) is 0. The fourth-order valence-electron chi connectivity index (χ4n) is 1.68. The summed E-state index contributed by atoms with van der Waals surface area (Å²) in [7, 11) is 0. The Labute approximate surface area is 108 Å². The van der Waals surface area contributed by atoms with E-state index in [2.05, 4.69) is 0 Å². The lowest BCUT2D eigenvalue weighted by Crippen LogP contribution is -2.05. The number of rotatable bonds is 2. The molecule has 7 heteroatoms. The van der Waals surface area contributed by atoms with Crippen LogP contribution in [-0.4, -0.2) is 6.29 Å². The Morgan fingerprint density at radius 2 is 1.20 bits per heavy atom. The van der Waals surface area contributed by atoms with Crippen LogP contribution in [-0.2, 0) is 0 Å². The molecular weight excluding hydrogens is 286 g/mol. The van der Waals surface area contributed by atoms with Crippen molar-refractivity contribution in [1.29, 1.82) is 0 Å². The zero-order valence-electron chi connectivity index (χ0n) is 9.49. The summed E-state index contributed by atoms with van der Waals surface area (Å²) in [6, 6.07) is 2.86. The van der Waals surface area contributed by atoms with Crippen molar-refractivity contribution in [2.75, 3.05) is 0 Å². The molecule has 0 unspecified atom stereocenters. The Bertz CT molecular complexity index is 681. The molecule has 104 valence electrons. The molecule has 0 aromatic heterocycles. The SMILES string of the molecule is O=Cc1cccc(-c2c(F)c(F)c(F)c(F)c2F)c1F. The maximum Gasteiger partial charge on any atom is 0.200 e. The van der Waals surface area contributed by atoms with Gasteiger partial charge < -0.3 is 0 Å². The predicted molar refractivity (Wildman–Crippen MR) is 57.0 cm³/mol. The van der Waals surface area contributed by atoms with Gasteiger partial charge in [0.2, 0.25) is 5.82 Å². The van der Waals surface area contributed by atoms with Gasteiger partial charge >= 0.3 is 0 Å². The minimum absolute atomic E-state index is 0.0604. The van der Waals surface area contributed by atoms with Gasteiger partial charge in [-0.2, -0.15) is 0 Å². The highest BCUT2D eigenvalue weighted by Crippen LogP contribution is 2.33. The van der Waals surface area contributed by atoms with Gasteiger partial charge in [-0.05, 0) is 6.07 Å². The van der Waals surface area contributed by atoms with Crippen LogP contribution in [0.15, 0.2) is 18.2 Å². The molecule has 0 aliphatic heterocycles. The van der Waals surface area contributed by atoms with Crippen LogP contribution in [0.2, 0.25) is 0 Å². The lowest BCUT2D eigenvalue weighted by molar-refractivity contribution is 0.112. The van der Waals surface area contributed by atoms with E-state index in [0.29, 0.717) is 0 Å². The van der Waals surface area contributed by atoms with Crippen molar-refractivity contribution in [3.05, 3.63) is 58.7 Å². The van der Waals surface area contributed by atoms with Crippen LogP contribution in [0.3, 0.4) is 0 Å². The molecule has 0 aliphatic rings. The van der Waals surface area contributed by atoms with Gasteiger partial charge in [0, 0.05) is 5.56 Å². The minimum Gasteiger partial charge on any atom is -0.298 e. The first-order valence-corrected chi connectivity index (χ1v) is 5.15. The van der Waals surface area contributed by atoms with Gasteiger partial charge in [-0.25, -0.2) is 26.3 Å². The van der Waals surface area contributed by atoms with Gasteiger partial charge in [0.25, 0.3) is 0 Å². The molecule has 0 saturated heterocycles. The Morgan fingerprint density at radius 1 is 0.700 bits per heavy atom. The van der Waals surface area contributed by atoms with Crippen LogP contribution < -0.4 is 0 Å². The summed E-state index contributed by atoms with van der Waals surface area (Å²) < 4.78 is 79.8. The highest BCUT2D eigenvalue weighted by Gasteiger charge is 2.28. The van der Waals surface area contributed by atoms with E-state index >= 15 is 0 Å². The molecule has 2 rings (SSSR count). The monoisotopic (exact) mass is 290 g/mol. The van der Waals surface area contributed by atoms with Crippen molar-refractivity contribution in [2.45, 2.75) is 0 Å². The molecule has 0 radical (unpaired) electrons. The van der Waals surface area contributed by atoms with E-state index < -0.39 is 51.6 Å². The summed E-state index contributed by atoms with van der Waals surface area (Å²) in [5.74, 6) is -12.4. The van der Waals surface area contributed by atoms with E-state index in [1.54, 1.807) is 0 Å². The van der Waals surface area contributed by atoms with Gasteiger partial charge in [-0.1, -0.05) is 12.1 Å². The molecule has 2 aromatic rings. The topological polar surface area (TPSA) is 17.1 Å². The van der Waals surface area contributed by atoms with Gasteiger partial charge in [0.15, 0.2) is 29.6 Å². The van der Waals surface area contributed by atoms with Crippen molar-refractivity contribution < 1.29 is 31.1 Å². The highest BCUT2D eigenvalue weighted by molar-refractivity contribution is 5.80. The highest BCUT2D eigenvalue weighted by atomic mass is 19.2. The second-order valence-electron chi connectivity index (χ2n) is 3.77. The Kier molecular flexibility index (Phi) is 3.52. The fraction of sp³-hybridized carbons (Fsp3) is 0. The minimum atomic E-state index is -2.34. The van der Waals surface area contributed by atoms with Crippen LogP contribution in [0, 0.1) is 34.9 Å². The average Bonchev–Trinajstić information content (AvgIpc) is 2.45. The van der Waals surface area contributed by atoms with Gasteiger partial charge in [-0.15, -0.1) is 0 Å². The molecule has 0 amide bonds. The Hall–Kier alpha value is -2.31. The molecule has 0 spiro atoms. The van der Waals surface area contributed by atoms with E-state index in [4.69, 9.17) is 0 Å². The molecule has 0 atom stereocenters. The number of aldehydes is 1. The zero-order valence-corrected chi connectivity index (χ0v) is 9.49. The first-order valence-electron chi connectivity index (χ1n) is 5.15. The van der Waals surface area contributed by atoms with Gasteiger partial charge in [0.1, 0.15) is 5.82 Å². The molecule has 0 saturated carbocycles. The molecule has 20 heavy (non-hydrogen) atoms. The normalized spacial score (nSPS) is 10.7. The summed E-state index contributed by atoms with van der Waals surface area (Å²) in [6.45, 7) is 0. The third-order valence-corrected chi connectivity index (χ3v) is 2.63.